The number of rotatable bonds is 7. The molecule has 2 aliphatic heterocycles. The zero-order valence-corrected chi connectivity index (χ0v) is 18.9. The molecule has 4 unspecified atom stereocenters. The fourth-order valence-corrected chi connectivity index (χ4v) is 4.56. The predicted octanol–water partition coefficient (Wildman–Crippen LogP) is 2.36. The van der Waals surface area contributed by atoms with E-state index >= 15 is 0 Å². The molecule has 8 heteroatoms. The molecule has 5 rings (SSSR count). The Morgan fingerprint density at radius 1 is 1.06 bits per heavy atom. The van der Waals surface area contributed by atoms with Gasteiger partial charge in [0.15, 0.2) is 0 Å². The number of benzene rings is 2. The molecule has 4 atom stereocenters. The number of ether oxygens (including phenoxy) is 2. The second kappa shape index (κ2) is 9.43. The van der Waals surface area contributed by atoms with Gasteiger partial charge in [0.2, 0.25) is 0 Å². The van der Waals surface area contributed by atoms with E-state index in [4.69, 9.17) is 9.47 Å². The van der Waals surface area contributed by atoms with Crippen molar-refractivity contribution in [1.29, 1.82) is 0 Å². The summed E-state index contributed by atoms with van der Waals surface area (Å²) in [6.07, 6.45) is 1.61. The number of nitrogens with one attached hydrogen (secondary N) is 1. The van der Waals surface area contributed by atoms with Crippen LogP contribution in [0.15, 0.2) is 60.8 Å². The van der Waals surface area contributed by atoms with Crippen molar-refractivity contribution in [2.24, 2.45) is 0 Å². The van der Waals surface area contributed by atoms with E-state index in [-0.39, 0.29) is 30.2 Å². The van der Waals surface area contributed by atoms with Crippen LogP contribution in [0.2, 0.25) is 0 Å². The first kappa shape index (κ1) is 21.8. The molecule has 2 fully saturated rings. The van der Waals surface area contributed by atoms with E-state index in [1.807, 2.05) is 60.3 Å². The third kappa shape index (κ3) is 4.83. The maximum absolute atomic E-state index is 12.6. The van der Waals surface area contributed by atoms with Crippen LogP contribution in [0.25, 0.3) is 0 Å². The zero-order valence-electron chi connectivity index (χ0n) is 18.9. The molecule has 33 heavy (non-hydrogen) atoms. The van der Waals surface area contributed by atoms with Crippen LogP contribution in [0.3, 0.4) is 0 Å². The standard InChI is InChI=1S/C25H29N5O3/c1-17-8-10-19(11-9-17)25(31)26-21-15-32-24-22(16-33-23(21)24)30-14-20(27-28-30)13-29(2)12-18-6-4-3-5-7-18/h3-11,14,21-24H,12-13,15-16H2,1-2H3,(H,26,31). The first-order valence-electron chi connectivity index (χ1n) is 11.3. The number of amides is 1. The molecular formula is C25H29N5O3. The van der Waals surface area contributed by atoms with E-state index in [1.54, 1.807) is 0 Å². The third-order valence-corrected chi connectivity index (χ3v) is 6.28. The fourth-order valence-electron chi connectivity index (χ4n) is 4.56. The Balaban J connectivity index is 1.18. The maximum Gasteiger partial charge on any atom is 0.251 e. The number of fused-ring (bicyclic) bond motifs is 1. The summed E-state index contributed by atoms with van der Waals surface area (Å²) in [5.41, 5.74) is 3.92. The molecule has 2 aliphatic rings. The van der Waals surface area contributed by atoms with Crippen molar-refractivity contribution in [3.8, 4) is 0 Å². The van der Waals surface area contributed by atoms with Crippen LogP contribution in [-0.4, -0.2) is 64.3 Å². The second-order valence-electron chi connectivity index (χ2n) is 8.96. The minimum Gasteiger partial charge on any atom is -0.371 e. The van der Waals surface area contributed by atoms with Gasteiger partial charge in [0.1, 0.15) is 18.2 Å². The molecule has 3 heterocycles. The Hall–Kier alpha value is -3.07. The lowest BCUT2D eigenvalue weighted by Gasteiger charge is -2.18. The summed E-state index contributed by atoms with van der Waals surface area (Å²) in [6, 6.07) is 17.7. The number of aryl methyl sites for hydroxylation is 1. The number of nitrogens with zero attached hydrogens (tertiary/aromatic N) is 4. The summed E-state index contributed by atoms with van der Waals surface area (Å²) < 4.78 is 13.9. The molecule has 0 spiro atoms. The Kier molecular flexibility index (Phi) is 6.22. The van der Waals surface area contributed by atoms with Gasteiger partial charge in [-0.3, -0.25) is 9.69 Å². The summed E-state index contributed by atoms with van der Waals surface area (Å²) in [6.45, 7) is 4.45. The van der Waals surface area contributed by atoms with E-state index in [9.17, 15) is 4.79 Å². The van der Waals surface area contributed by atoms with Crippen molar-refractivity contribution in [3.63, 3.8) is 0 Å². The predicted molar refractivity (Wildman–Crippen MR) is 123 cm³/mol. The molecule has 1 amide bonds. The van der Waals surface area contributed by atoms with Gasteiger partial charge >= 0.3 is 0 Å². The van der Waals surface area contributed by atoms with Crippen LogP contribution < -0.4 is 5.32 Å². The maximum atomic E-state index is 12.6. The topological polar surface area (TPSA) is 81.5 Å². The molecule has 1 aromatic heterocycles. The second-order valence-corrected chi connectivity index (χ2v) is 8.96. The number of hydrogen-bond donors (Lipinski definition) is 1. The molecule has 0 aliphatic carbocycles. The van der Waals surface area contributed by atoms with E-state index in [2.05, 4.69) is 39.7 Å². The molecule has 1 N–H and O–H groups in total. The molecule has 8 nitrogen and oxygen atoms in total. The summed E-state index contributed by atoms with van der Waals surface area (Å²) in [7, 11) is 2.07. The first-order valence-corrected chi connectivity index (χ1v) is 11.3. The van der Waals surface area contributed by atoms with E-state index in [0.29, 0.717) is 25.3 Å². The van der Waals surface area contributed by atoms with Gasteiger partial charge in [-0.05, 0) is 31.7 Å². The minimum absolute atomic E-state index is 0.0584. The van der Waals surface area contributed by atoms with Gasteiger partial charge in [-0.15, -0.1) is 5.10 Å². The number of aromatic nitrogens is 3. The van der Waals surface area contributed by atoms with Crippen molar-refractivity contribution in [2.75, 3.05) is 20.3 Å². The Morgan fingerprint density at radius 3 is 2.61 bits per heavy atom. The van der Waals surface area contributed by atoms with E-state index in [1.165, 1.54) is 5.56 Å². The molecule has 3 aromatic rings. The highest BCUT2D eigenvalue weighted by Gasteiger charge is 2.49. The highest BCUT2D eigenvalue weighted by Crippen LogP contribution is 2.34. The fraction of sp³-hybridized carbons (Fsp3) is 0.400. The van der Waals surface area contributed by atoms with Crippen LogP contribution in [0.4, 0.5) is 0 Å². The van der Waals surface area contributed by atoms with Crippen LogP contribution >= 0.6 is 0 Å². The lowest BCUT2D eigenvalue weighted by Crippen LogP contribution is -2.44. The Bertz CT molecular complexity index is 1080. The molecule has 0 saturated carbocycles. The van der Waals surface area contributed by atoms with Crippen molar-refractivity contribution in [2.45, 2.75) is 44.3 Å². The Labute approximate surface area is 193 Å². The van der Waals surface area contributed by atoms with Crippen molar-refractivity contribution in [3.05, 3.63) is 83.2 Å². The van der Waals surface area contributed by atoms with Gasteiger partial charge in [0.25, 0.3) is 5.91 Å². The number of hydrogen-bond acceptors (Lipinski definition) is 6. The molecular weight excluding hydrogens is 418 g/mol. The van der Waals surface area contributed by atoms with Gasteiger partial charge in [-0.1, -0.05) is 53.2 Å². The third-order valence-electron chi connectivity index (χ3n) is 6.28. The molecule has 0 bridgehead atoms. The van der Waals surface area contributed by atoms with Gasteiger partial charge in [0, 0.05) is 18.7 Å². The van der Waals surface area contributed by atoms with Crippen LogP contribution in [0.1, 0.15) is 33.2 Å². The number of carbonyl (C=O) groups excluding carboxylic acids is 1. The van der Waals surface area contributed by atoms with E-state index in [0.717, 1.165) is 17.8 Å². The van der Waals surface area contributed by atoms with Crippen LogP contribution in [-0.2, 0) is 22.6 Å². The van der Waals surface area contributed by atoms with Crippen molar-refractivity contribution in [1.82, 2.24) is 25.2 Å². The van der Waals surface area contributed by atoms with Gasteiger partial charge < -0.3 is 14.8 Å². The van der Waals surface area contributed by atoms with Crippen LogP contribution in [0, 0.1) is 6.92 Å². The summed E-state index contributed by atoms with van der Waals surface area (Å²) >= 11 is 0. The average molecular weight is 448 g/mol. The van der Waals surface area contributed by atoms with Gasteiger partial charge in [-0.25, -0.2) is 4.68 Å². The lowest BCUT2D eigenvalue weighted by molar-refractivity contribution is 0.0613. The SMILES string of the molecule is Cc1ccc(C(=O)NC2COC3C2OCC3n2cc(CN(C)Cc3ccccc3)nn2)cc1. The summed E-state index contributed by atoms with van der Waals surface area (Å²) in [5.74, 6) is -0.110. The van der Waals surface area contributed by atoms with Gasteiger partial charge in [-0.2, -0.15) is 0 Å². The first-order chi connectivity index (χ1) is 16.1. The monoisotopic (exact) mass is 447 g/mol. The molecule has 2 saturated heterocycles. The molecule has 2 aromatic carbocycles. The van der Waals surface area contributed by atoms with Crippen molar-refractivity contribution >= 4 is 5.91 Å². The van der Waals surface area contributed by atoms with Gasteiger partial charge in [0.05, 0.1) is 31.1 Å². The highest BCUT2D eigenvalue weighted by molar-refractivity contribution is 5.94. The summed E-state index contributed by atoms with van der Waals surface area (Å²) in [5, 5.41) is 11.8. The van der Waals surface area contributed by atoms with E-state index < -0.39 is 0 Å². The smallest absolute Gasteiger partial charge is 0.251 e. The number of carbonyl (C=O) groups is 1. The van der Waals surface area contributed by atoms with Crippen molar-refractivity contribution < 1.29 is 14.3 Å². The highest BCUT2D eigenvalue weighted by atomic mass is 16.6. The largest absolute Gasteiger partial charge is 0.371 e. The summed E-state index contributed by atoms with van der Waals surface area (Å²) in [4.78, 5) is 14.8. The molecule has 0 radical (unpaired) electrons. The molecule has 172 valence electrons. The quantitative estimate of drug-likeness (QED) is 0.599. The minimum atomic E-state index is -0.196. The Morgan fingerprint density at radius 2 is 1.82 bits per heavy atom. The lowest BCUT2D eigenvalue weighted by atomic mass is 10.1. The van der Waals surface area contributed by atoms with Crippen LogP contribution in [0.5, 0.6) is 0 Å². The zero-order chi connectivity index (χ0) is 22.8. The average Bonchev–Trinajstić information content (AvgIpc) is 3.53. The normalized spacial score (nSPS) is 24.2.